The summed E-state index contributed by atoms with van der Waals surface area (Å²) in [4.78, 5) is 27.9. The maximum Gasteiger partial charge on any atom is 0.244 e. The van der Waals surface area contributed by atoms with Crippen LogP contribution in [0.25, 0.3) is 0 Å². The maximum atomic E-state index is 13.6. The van der Waals surface area contributed by atoms with Crippen molar-refractivity contribution in [3.8, 4) is 0 Å². The second-order valence-corrected chi connectivity index (χ2v) is 11.2. The average Bonchev–Trinajstić information content (AvgIpc) is 2.81. The van der Waals surface area contributed by atoms with Gasteiger partial charge >= 0.3 is 0 Å². The molecule has 0 aliphatic heterocycles. The van der Waals surface area contributed by atoms with Gasteiger partial charge in [0.25, 0.3) is 0 Å². The SMILES string of the molecule is CCc1ccccc1N(CC(=O)N(Cc1ccc(Cl)c(Cl)c1)C(C)C(=O)NC(C)CC)S(C)(=O)=O. The van der Waals surface area contributed by atoms with Gasteiger partial charge in [0.2, 0.25) is 21.8 Å². The highest BCUT2D eigenvalue weighted by Crippen LogP contribution is 2.26. The van der Waals surface area contributed by atoms with Crippen LogP contribution < -0.4 is 9.62 Å². The van der Waals surface area contributed by atoms with E-state index < -0.39 is 28.5 Å². The molecule has 0 saturated heterocycles. The Morgan fingerprint density at radius 3 is 2.26 bits per heavy atom. The van der Waals surface area contributed by atoms with Crippen LogP contribution in [0, 0.1) is 0 Å². The highest BCUT2D eigenvalue weighted by Gasteiger charge is 2.31. The molecule has 0 aromatic heterocycles. The van der Waals surface area contributed by atoms with E-state index >= 15 is 0 Å². The molecule has 0 spiro atoms. The Hall–Kier alpha value is -2.29. The molecule has 0 aliphatic carbocycles. The van der Waals surface area contributed by atoms with Crippen LogP contribution in [0.2, 0.25) is 10.0 Å². The third-order valence-electron chi connectivity index (χ3n) is 5.83. The number of para-hydroxylation sites is 1. The summed E-state index contributed by atoms with van der Waals surface area (Å²) < 4.78 is 26.6. The minimum Gasteiger partial charge on any atom is -0.352 e. The minimum absolute atomic E-state index is 0.0534. The van der Waals surface area contributed by atoms with Gasteiger partial charge in [0.1, 0.15) is 12.6 Å². The lowest BCUT2D eigenvalue weighted by Crippen LogP contribution is -2.52. The molecule has 7 nitrogen and oxygen atoms in total. The van der Waals surface area contributed by atoms with Crippen molar-refractivity contribution in [3.63, 3.8) is 0 Å². The van der Waals surface area contributed by atoms with E-state index in [1.54, 1.807) is 37.3 Å². The summed E-state index contributed by atoms with van der Waals surface area (Å²) in [6, 6.07) is 11.1. The van der Waals surface area contributed by atoms with Crippen molar-refractivity contribution in [2.24, 2.45) is 0 Å². The lowest BCUT2D eigenvalue weighted by atomic mass is 10.1. The molecule has 2 aromatic rings. The summed E-state index contributed by atoms with van der Waals surface area (Å²) in [7, 11) is -3.79. The molecule has 1 N–H and O–H groups in total. The molecular formula is C25H33Cl2N3O4S. The number of carbonyl (C=O) groups excluding carboxylic acids is 2. The molecule has 192 valence electrons. The van der Waals surface area contributed by atoms with E-state index in [0.717, 1.165) is 22.5 Å². The summed E-state index contributed by atoms with van der Waals surface area (Å²) in [5.41, 5.74) is 1.90. The zero-order valence-electron chi connectivity index (χ0n) is 20.7. The number of anilines is 1. The van der Waals surface area contributed by atoms with Gasteiger partial charge in [-0.3, -0.25) is 13.9 Å². The van der Waals surface area contributed by atoms with Crippen LogP contribution in [0.3, 0.4) is 0 Å². The van der Waals surface area contributed by atoms with Gasteiger partial charge in [-0.25, -0.2) is 8.42 Å². The Bertz CT molecular complexity index is 1160. The first-order valence-corrected chi connectivity index (χ1v) is 14.1. The molecule has 0 saturated carbocycles. The molecule has 2 atom stereocenters. The minimum atomic E-state index is -3.79. The number of hydrogen-bond acceptors (Lipinski definition) is 4. The molecule has 35 heavy (non-hydrogen) atoms. The monoisotopic (exact) mass is 541 g/mol. The number of nitrogens with one attached hydrogen (secondary N) is 1. The van der Waals surface area contributed by atoms with Gasteiger partial charge < -0.3 is 10.2 Å². The highest BCUT2D eigenvalue weighted by molar-refractivity contribution is 7.92. The topological polar surface area (TPSA) is 86.8 Å². The van der Waals surface area contributed by atoms with Gasteiger partial charge in [-0.15, -0.1) is 0 Å². The summed E-state index contributed by atoms with van der Waals surface area (Å²) >= 11 is 12.2. The predicted molar refractivity (Wildman–Crippen MR) is 142 cm³/mol. The van der Waals surface area contributed by atoms with E-state index in [-0.39, 0.29) is 18.5 Å². The molecule has 0 heterocycles. The Morgan fingerprint density at radius 2 is 1.69 bits per heavy atom. The molecular weight excluding hydrogens is 509 g/mol. The lowest BCUT2D eigenvalue weighted by molar-refractivity contribution is -0.139. The fourth-order valence-corrected chi connectivity index (χ4v) is 4.73. The number of hydrogen-bond donors (Lipinski definition) is 1. The Morgan fingerprint density at radius 1 is 1.03 bits per heavy atom. The number of amides is 2. The number of sulfonamides is 1. The summed E-state index contributed by atoms with van der Waals surface area (Å²) in [6.07, 6.45) is 2.39. The standard InChI is InChI=1S/C25H33Cl2N3O4S/c1-6-17(3)28-25(32)18(4)29(15-19-12-13-21(26)22(27)14-19)24(31)16-30(35(5,33)34)23-11-9-8-10-20(23)7-2/h8-14,17-18H,6-7,15-16H2,1-5H3,(H,28,32). The van der Waals surface area contributed by atoms with Gasteiger partial charge in [-0.05, 0) is 56.0 Å². The largest absolute Gasteiger partial charge is 0.352 e. The van der Waals surface area contributed by atoms with E-state index in [1.165, 1.54) is 4.90 Å². The van der Waals surface area contributed by atoms with Crippen LogP contribution in [0.5, 0.6) is 0 Å². The number of nitrogens with zero attached hydrogens (tertiary/aromatic N) is 2. The van der Waals surface area contributed by atoms with Crippen molar-refractivity contribution in [2.45, 2.75) is 59.2 Å². The average molecular weight is 543 g/mol. The summed E-state index contributed by atoms with van der Waals surface area (Å²) in [5.74, 6) is -0.841. The summed E-state index contributed by atoms with van der Waals surface area (Å²) in [5, 5.41) is 3.59. The van der Waals surface area contributed by atoms with Crippen molar-refractivity contribution < 1.29 is 18.0 Å². The van der Waals surface area contributed by atoms with Gasteiger partial charge in [0, 0.05) is 12.6 Å². The molecule has 2 aromatic carbocycles. The normalized spacial score (nSPS) is 13.1. The first-order chi connectivity index (χ1) is 16.4. The third kappa shape index (κ3) is 7.85. The fraction of sp³-hybridized carbons (Fsp3) is 0.440. The molecule has 2 rings (SSSR count). The maximum absolute atomic E-state index is 13.6. The van der Waals surface area contributed by atoms with Gasteiger partial charge in [-0.2, -0.15) is 0 Å². The van der Waals surface area contributed by atoms with Crippen LogP contribution in [-0.2, 0) is 32.6 Å². The molecule has 2 amide bonds. The predicted octanol–water partition coefficient (Wildman–Crippen LogP) is 4.65. The first-order valence-electron chi connectivity index (χ1n) is 11.5. The van der Waals surface area contributed by atoms with E-state index in [0.29, 0.717) is 27.7 Å². The van der Waals surface area contributed by atoms with Crippen molar-refractivity contribution in [2.75, 3.05) is 17.1 Å². The number of rotatable bonds is 11. The molecule has 0 radical (unpaired) electrons. The second-order valence-electron chi connectivity index (χ2n) is 8.52. The Labute approximate surface area is 218 Å². The number of benzene rings is 2. The highest BCUT2D eigenvalue weighted by atomic mass is 35.5. The third-order valence-corrected chi connectivity index (χ3v) is 7.69. The van der Waals surface area contributed by atoms with E-state index in [9.17, 15) is 18.0 Å². The molecule has 0 aliphatic rings. The van der Waals surface area contributed by atoms with Crippen LogP contribution in [0.4, 0.5) is 5.69 Å². The van der Waals surface area contributed by atoms with Crippen LogP contribution in [-0.4, -0.2) is 50.0 Å². The number of aryl methyl sites for hydroxylation is 1. The van der Waals surface area contributed by atoms with E-state index in [4.69, 9.17) is 23.2 Å². The summed E-state index contributed by atoms with van der Waals surface area (Å²) in [6.45, 7) is 6.97. The molecule has 0 fully saturated rings. The van der Waals surface area contributed by atoms with Crippen molar-refractivity contribution in [1.29, 1.82) is 0 Å². The number of carbonyl (C=O) groups is 2. The molecule has 2 unspecified atom stereocenters. The first kappa shape index (κ1) is 28.9. The van der Waals surface area contributed by atoms with Crippen LogP contribution >= 0.6 is 23.2 Å². The number of halogens is 2. The van der Waals surface area contributed by atoms with Crippen molar-refractivity contribution in [3.05, 3.63) is 63.6 Å². The molecule has 10 heteroatoms. The Balaban J connectivity index is 2.45. The lowest BCUT2D eigenvalue weighted by Gasteiger charge is -2.32. The van der Waals surface area contributed by atoms with E-state index in [2.05, 4.69) is 5.32 Å². The molecule has 0 bridgehead atoms. The fourth-order valence-electron chi connectivity index (χ4n) is 3.53. The Kier molecular flexibility index (Phi) is 10.4. The smallest absolute Gasteiger partial charge is 0.244 e. The zero-order chi connectivity index (χ0) is 26.3. The van der Waals surface area contributed by atoms with Crippen LogP contribution in [0.15, 0.2) is 42.5 Å². The quantitative estimate of drug-likeness (QED) is 0.448. The zero-order valence-corrected chi connectivity index (χ0v) is 23.0. The van der Waals surface area contributed by atoms with Gasteiger partial charge in [0.15, 0.2) is 0 Å². The van der Waals surface area contributed by atoms with E-state index in [1.807, 2.05) is 32.9 Å². The van der Waals surface area contributed by atoms with Crippen molar-refractivity contribution >= 4 is 50.7 Å². The van der Waals surface area contributed by atoms with Crippen LogP contribution in [0.1, 0.15) is 45.2 Å². The van der Waals surface area contributed by atoms with Gasteiger partial charge in [-0.1, -0.05) is 61.3 Å². The van der Waals surface area contributed by atoms with Crippen molar-refractivity contribution in [1.82, 2.24) is 10.2 Å². The second kappa shape index (κ2) is 12.6. The van der Waals surface area contributed by atoms with Gasteiger partial charge in [0.05, 0.1) is 22.0 Å².